The van der Waals surface area contributed by atoms with Crippen molar-refractivity contribution in [3.63, 3.8) is 0 Å². The molecule has 0 heterocycles. The smallest absolute Gasteiger partial charge is 0.408 e. The number of alkyl carbamates (subject to hydrolysis) is 1. The Labute approximate surface area is 245 Å². The van der Waals surface area contributed by atoms with E-state index >= 15 is 0 Å². The molecule has 0 spiro atoms. The first-order chi connectivity index (χ1) is 19.8. The van der Waals surface area contributed by atoms with Gasteiger partial charge >= 0.3 is 6.09 Å². The van der Waals surface area contributed by atoms with Crippen LogP contribution < -0.4 is 10.6 Å². The molecule has 10 nitrogen and oxygen atoms in total. The van der Waals surface area contributed by atoms with Crippen molar-refractivity contribution in [2.24, 2.45) is 0 Å². The van der Waals surface area contributed by atoms with Gasteiger partial charge in [-0.3, -0.25) is 9.59 Å². The second kappa shape index (κ2) is 13.9. The number of carbonyl (C=O) groups excluding carboxylic acids is 3. The van der Waals surface area contributed by atoms with Crippen LogP contribution in [0.1, 0.15) is 49.1 Å². The Balaban J connectivity index is 2.07. The first-order valence-electron chi connectivity index (χ1n) is 13.6. The number of para-hydroxylation sites is 1. The number of nitrogens with one attached hydrogen (secondary N) is 2. The van der Waals surface area contributed by atoms with Crippen LogP contribution in [-0.2, 0) is 20.7 Å². The highest BCUT2D eigenvalue weighted by Gasteiger charge is 2.36. The van der Waals surface area contributed by atoms with Crippen LogP contribution in [-0.4, -0.2) is 62.9 Å². The standard InChI is InChI=1S/C32H39N3O7/c1-20-8-6-7-9-25(20)33-29(39)28(23-12-15-27(38)21(2)18-23)35(16-17-36)30(40)26(34-31(41)42-32(3,4)5)19-22-10-13-24(37)14-11-22/h6-15,18,26,28,36-38H,16-17,19H2,1-5H3,(H,33,39)(H,34,41). The molecule has 224 valence electrons. The maximum atomic E-state index is 14.3. The van der Waals surface area contributed by atoms with E-state index in [4.69, 9.17) is 4.74 Å². The van der Waals surface area contributed by atoms with E-state index in [1.807, 2.05) is 19.1 Å². The summed E-state index contributed by atoms with van der Waals surface area (Å²) in [4.78, 5) is 42.2. The van der Waals surface area contributed by atoms with Gasteiger partial charge in [0, 0.05) is 18.7 Å². The molecule has 0 radical (unpaired) electrons. The molecule has 0 fully saturated rings. The molecule has 0 aliphatic rings. The van der Waals surface area contributed by atoms with Crippen LogP contribution in [0.4, 0.5) is 10.5 Å². The second-order valence-electron chi connectivity index (χ2n) is 11.1. The number of aliphatic hydroxyl groups is 1. The third-order valence-electron chi connectivity index (χ3n) is 6.49. The number of hydrogen-bond donors (Lipinski definition) is 5. The maximum Gasteiger partial charge on any atom is 0.408 e. The molecule has 3 rings (SSSR count). The monoisotopic (exact) mass is 577 g/mol. The first-order valence-corrected chi connectivity index (χ1v) is 13.6. The predicted octanol–water partition coefficient (Wildman–Crippen LogP) is 4.35. The van der Waals surface area contributed by atoms with Gasteiger partial charge in [0.25, 0.3) is 5.91 Å². The summed E-state index contributed by atoms with van der Waals surface area (Å²) in [5.41, 5.74) is 2.05. The lowest BCUT2D eigenvalue weighted by Gasteiger charge is -2.34. The summed E-state index contributed by atoms with van der Waals surface area (Å²) in [5, 5.41) is 35.4. The van der Waals surface area contributed by atoms with Crippen LogP contribution in [0.15, 0.2) is 66.7 Å². The molecule has 0 aliphatic carbocycles. The molecule has 3 aromatic rings. The van der Waals surface area contributed by atoms with Gasteiger partial charge in [-0.1, -0.05) is 36.4 Å². The third kappa shape index (κ3) is 8.71. The van der Waals surface area contributed by atoms with Crippen molar-refractivity contribution in [3.8, 4) is 11.5 Å². The highest BCUT2D eigenvalue weighted by Crippen LogP contribution is 2.29. The van der Waals surface area contributed by atoms with Crippen molar-refractivity contribution >= 4 is 23.6 Å². The van der Waals surface area contributed by atoms with Crippen molar-refractivity contribution < 1.29 is 34.4 Å². The van der Waals surface area contributed by atoms with E-state index in [0.29, 0.717) is 22.4 Å². The number of phenolic OH excluding ortho intramolecular Hbond substituents is 2. The average Bonchev–Trinajstić information content (AvgIpc) is 2.91. The number of amides is 3. The topological polar surface area (TPSA) is 148 Å². The van der Waals surface area contributed by atoms with E-state index in [1.54, 1.807) is 64.1 Å². The van der Waals surface area contributed by atoms with Crippen LogP contribution in [0, 0.1) is 13.8 Å². The van der Waals surface area contributed by atoms with E-state index < -0.39 is 42.2 Å². The average molecular weight is 578 g/mol. The number of aromatic hydroxyl groups is 2. The summed E-state index contributed by atoms with van der Waals surface area (Å²) in [6.45, 7) is 7.90. The van der Waals surface area contributed by atoms with E-state index in [1.165, 1.54) is 23.1 Å². The number of anilines is 1. The minimum Gasteiger partial charge on any atom is -0.508 e. The lowest BCUT2D eigenvalue weighted by atomic mass is 9.98. The Morgan fingerprint density at radius 2 is 1.60 bits per heavy atom. The fourth-order valence-corrected chi connectivity index (χ4v) is 4.43. The Morgan fingerprint density at radius 1 is 0.929 bits per heavy atom. The summed E-state index contributed by atoms with van der Waals surface area (Å²) in [5.74, 6) is -1.12. The molecule has 10 heteroatoms. The van der Waals surface area contributed by atoms with Crippen LogP contribution in [0.2, 0.25) is 0 Å². The number of hydrogen-bond acceptors (Lipinski definition) is 7. The van der Waals surface area contributed by atoms with Crippen LogP contribution in [0.25, 0.3) is 0 Å². The summed E-state index contributed by atoms with van der Waals surface area (Å²) < 4.78 is 5.41. The largest absolute Gasteiger partial charge is 0.508 e. The van der Waals surface area contributed by atoms with Crippen LogP contribution in [0.3, 0.4) is 0 Å². The molecular formula is C32H39N3O7. The fourth-order valence-electron chi connectivity index (χ4n) is 4.43. The van der Waals surface area contributed by atoms with Crippen molar-refractivity contribution in [2.75, 3.05) is 18.5 Å². The Hall–Kier alpha value is -4.57. The lowest BCUT2D eigenvalue weighted by molar-refractivity contribution is -0.141. The number of aliphatic hydroxyl groups excluding tert-OH is 1. The van der Waals surface area contributed by atoms with Crippen molar-refractivity contribution in [2.45, 2.75) is 58.7 Å². The zero-order valence-electron chi connectivity index (χ0n) is 24.5. The number of rotatable bonds is 10. The number of aryl methyl sites for hydroxylation is 2. The second-order valence-corrected chi connectivity index (χ2v) is 11.1. The lowest BCUT2D eigenvalue weighted by Crippen LogP contribution is -2.53. The number of nitrogens with zero attached hydrogens (tertiary/aromatic N) is 1. The van der Waals surface area contributed by atoms with Gasteiger partial charge in [0.05, 0.1) is 6.61 Å². The Bertz CT molecular complexity index is 1400. The maximum absolute atomic E-state index is 14.3. The number of ether oxygens (including phenoxy) is 1. The fraction of sp³-hybridized carbons (Fsp3) is 0.344. The van der Waals surface area contributed by atoms with Gasteiger partial charge in [-0.15, -0.1) is 0 Å². The highest BCUT2D eigenvalue weighted by atomic mass is 16.6. The van der Waals surface area contributed by atoms with E-state index in [9.17, 15) is 29.7 Å². The number of carbonyl (C=O) groups is 3. The molecule has 0 aliphatic heterocycles. The molecule has 0 bridgehead atoms. The summed E-state index contributed by atoms with van der Waals surface area (Å²) in [6, 6.07) is 15.5. The SMILES string of the molecule is Cc1cc(C(C(=O)Nc2ccccc2C)N(CCO)C(=O)C(Cc2ccc(O)cc2)NC(=O)OC(C)(C)C)ccc1O. The Kier molecular flexibility index (Phi) is 10.5. The van der Waals surface area contributed by atoms with Gasteiger partial charge < -0.3 is 35.6 Å². The molecule has 0 saturated heterocycles. The normalized spacial score (nSPS) is 12.6. The van der Waals surface area contributed by atoms with E-state index in [0.717, 1.165) is 5.56 Å². The van der Waals surface area contributed by atoms with E-state index in [-0.39, 0.29) is 24.5 Å². The first kappa shape index (κ1) is 32.0. The minimum atomic E-state index is -1.23. The van der Waals surface area contributed by atoms with Crippen molar-refractivity contribution in [1.82, 2.24) is 10.2 Å². The van der Waals surface area contributed by atoms with Gasteiger partial charge in [-0.05, 0) is 87.2 Å². The molecule has 3 amide bonds. The molecule has 2 atom stereocenters. The summed E-state index contributed by atoms with van der Waals surface area (Å²) in [7, 11) is 0. The molecule has 3 aromatic carbocycles. The van der Waals surface area contributed by atoms with Crippen molar-refractivity contribution in [3.05, 3.63) is 89.0 Å². The molecule has 5 N–H and O–H groups in total. The molecule has 2 unspecified atom stereocenters. The van der Waals surface area contributed by atoms with Crippen molar-refractivity contribution in [1.29, 1.82) is 0 Å². The van der Waals surface area contributed by atoms with Gasteiger partial charge in [-0.25, -0.2) is 4.79 Å². The zero-order chi connectivity index (χ0) is 31.0. The number of benzene rings is 3. The van der Waals surface area contributed by atoms with Crippen LogP contribution in [0.5, 0.6) is 11.5 Å². The van der Waals surface area contributed by atoms with Gasteiger partial charge in [0.15, 0.2) is 0 Å². The van der Waals surface area contributed by atoms with E-state index in [2.05, 4.69) is 10.6 Å². The van der Waals surface area contributed by atoms with Gasteiger partial charge in [0.2, 0.25) is 5.91 Å². The number of phenols is 2. The zero-order valence-corrected chi connectivity index (χ0v) is 24.5. The predicted molar refractivity (Wildman–Crippen MR) is 159 cm³/mol. The van der Waals surface area contributed by atoms with Gasteiger partial charge in [-0.2, -0.15) is 0 Å². The molecule has 0 aromatic heterocycles. The summed E-state index contributed by atoms with van der Waals surface area (Å²) >= 11 is 0. The van der Waals surface area contributed by atoms with Crippen LogP contribution >= 0.6 is 0 Å². The Morgan fingerprint density at radius 3 is 2.19 bits per heavy atom. The third-order valence-corrected chi connectivity index (χ3v) is 6.49. The molecule has 42 heavy (non-hydrogen) atoms. The van der Waals surface area contributed by atoms with Gasteiger partial charge in [0.1, 0.15) is 29.2 Å². The molecule has 0 saturated carbocycles. The summed E-state index contributed by atoms with van der Waals surface area (Å²) in [6.07, 6.45) is -0.814. The molecular weight excluding hydrogens is 538 g/mol. The highest BCUT2D eigenvalue weighted by molar-refractivity contribution is 5.99. The minimum absolute atomic E-state index is 0.0149. The quantitative estimate of drug-likeness (QED) is 0.241.